The van der Waals surface area contributed by atoms with E-state index in [-0.39, 0.29) is 42.0 Å². The molecule has 1 aliphatic heterocycles. The number of barbiturate groups is 1. The molecule has 1 saturated heterocycles. The number of benzene rings is 2. The van der Waals surface area contributed by atoms with Gasteiger partial charge in [-0.15, -0.1) is 0 Å². The van der Waals surface area contributed by atoms with E-state index in [4.69, 9.17) is 0 Å². The van der Waals surface area contributed by atoms with Crippen LogP contribution in [0.3, 0.4) is 0 Å². The fourth-order valence-corrected chi connectivity index (χ4v) is 4.96. The molecule has 2 aromatic carbocycles. The molecule has 0 unspecified atom stereocenters. The zero-order valence-corrected chi connectivity index (χ0v) is 18.4. The highest BCUT2D eigenvalue weighted by Gasteiger charge is 2.52. The third-order valence-corrected chi connectivity index (χ3v) is 7.20. The number of nitrogens with zero attached hydrogens (tertiary/aromatic N) is 2. The summed E-state index contributed by atoms with van der Waals surface area (Å²) >= 11 is 0. The maximum Gasteiger partial charge on any atom is 0.333 e. The first kappa shape index (κ1) is 21.7. The summed E-state index contributed by atoms with van der Waals surface area (Å²) in [7, 11) is 0. The summed E-state index contributed by atoms with van der Waals surface area (Å²) in [5.41, 5.74) is 1.15. The van der Waals surface area contributed by atoms with Crippen molar-refractivity contribution >= 4 is 17.8 Å². The summed E-state index contributed by atoms with van der Waals surface area (Å²) in [4.78, 5) is 41.0. The van der Waals surface area contributed by atoms with Gasteiger partial charge < -0.3 is 0 Å². The second kappa shape index (κ2) is 8.04. The lowest BCUT2D eigenvalue weighted by Crippen LogP contribution is -2.57. The van der Waals surface area contributed by atoms with Gasteiger partial charge in [-0.1, -0.05) is 24.3 Å². The molecule has 0 N–H and O–H groups in total. The average Bonchev–Trinajstić information content (AvgIpc) is 3.68. The van der Waals surface area contributed by atoms with Gasteiger partial charge in [-0.05, 0) is 84.7 Å². The van der Waals surface area contributed by atoms with Crippen molar-refractivity contribution in [1.29, 1.82) is 0 Å². The van der Waals surface area contributed by atoms with E-state index in [1.807, 2.05) is 12.1 Å². The van der Waals surface area contributed by atoms with Crippen molar-refractivity contribution in [3.05, 3.63) is 71.3 Å². The van der Waals surface area contributed by atoms with E-state index in [9.17, 15) is 23.2 Å². The van der Waals surface area contributed by atoms with E-state index in [0.29, 0.717) is 12.8 Å². The fraction of sp³-hybridized carbons (Fsp3) is 0.423. The van der Waals surface area contributed by atoms with Crippen LogP contribution in [0.2, 0.25) is 0 Å². The predicted octanol–water partition coefficient (Wildman–Crippen LogP) is 4.49. The Kier molecular flexibility index (Phi) is 5.30. The lowest BCUT2D eigenvalue weighted by molar-refractivity contribution is -0.143. The van der Waals surface area contributed by atoms with E-state index in [2.05, 4.69) is 0 Å². The predicted molar refractivity (Wildman–Crippen MR) is 117 cm³/mol. The van der Waals surface area contributed by atoms with Crippen LogP contribution in [-0.2, 0) is 22.4 Å². The first-order valence-electron chi connectivity index (χ1n) is 11.4. The molecule has 33 heavy (non-hydrogen) atoms. The molecule has 0 aromatic heterocycles. The Balaban J connectivity index is 1.28. The first-order chi connectivity index (χ1) is 15.8. The summed E-state index contributed by atoms with van der Waals surface area (Å²) < 4.78 is 27.2. The molecule has 5 rings (SSSR count). The molecular formula is C26H26F2N2O3. The van der Waals surface area contributed by atoms with Crippen molar-refractivity contribution in [3.63, 3.8) is 0 Å². The molecule has 0 radical (unpaired) electrons. The summed E-state index contributed by atoms with van der Waals surface area (Å²) in [6.07, 6.45) is 4.22. The molecule has 3 aliphatic rings. The Morgan fingerprint density at radius 1 is 0.697 bits per heavy atom. The average molecular weight is 453 g/mol. The summed E-state index contributed by atoms with van der Waals surface area (Å²) in [5.74, 6) is -1.56. The minimum atomic E-state index is -0.563. The van der Waals surface area contributed by atoms with Crippen molar-refractivity contribution in [2.75, 3.05) is 13.1 Å². The molecule has 2 saturated carbocycles. The topological polar surface area (TPSA) is 57.7 Å². The molecule has 0 atom stereocenters. The second-order valence-electron chi connectivity index (χ2n) is 10.0. The molecule has 0 spiro atoms. The van der Waals surface area contributed by atoms with Gasteiger partial charge in [-0.3, -0.25) is 19.4 Å². The van der Waals surface area contributed by atoms with Gasteiger partial charge in [-0.25, -0.2) is 13.6 Å². The minimum Gasteiger partial charge on any atom is -0.274 e. The standard InChI is InChI=1S/C26H26F2N2O3/c27-20-5-1-3-18(11-20)14-25(7-8-25)16-29-22(31)13-23(32)30(24(29)33)17-26(9-10-26)15-19-4-2-6-21(28)12-19/h1-6,11-12H,7-10,13-17H2. The number of imide groups is 2. The van der Waals surface area contributed by atoms with Crippen molar-refractivity contribution in [3.8, 4) is 0 Å². The van der Waals surface area contributed by atoms with Gasteiger partial charge in [-0.2, -0.15) is 0 Å². The molecule has 2 aliphatic carbocycles. The summed E-state index contributed by atoms with van der Waals surface area (Å²) in [5, 5.41) is 0. The van der Waals surface area contributed by atoms with Gasteiger partial charge in [0.25, 0.3) is 0 Å². The third-order valence-electron chi connectivity index (χ3n) is 7.20. The lowest BCUT2D eigenvalue weighted by Gasteiger charge is -2.36. The number of urea groups is 1. The van der Waals surface area contributed by atoms with E-state index < -0.39 is 17.8 Å². The van der Waals surface area contributed by atoms with Gasteiger partial charge in [0.15, 0.2) is 0 Å². The maximum atomic E-state index is 13.6. The van der Waals surface area contributed by atoms with Crippen LogP contribution in [0.15, 0.2) is 48.5 Å². The molecular weight excluding hydrogens is 426 g/mol. The minimum absolute atomic E-state index is 0.238. The smallest absolute Gasteiger partial charge is 0.274 e. The van der Waals surface area contributed by atoms with Crippen molar-refractivity contribution in [2.24, 2.45) is 10.8 Å². The monoisotopic (exact) mass is 452 g/mol. The molecule has 1 heterocycles. The van der Waals surface area contributed by atoms with Crippen molar-refractivity contribution < 1.29 is 23.2 Å². The first-order valence-corrected chi connectivity index (χ1v) is 11.4. The number of hydrogen-bond acceptors (Lipinski definition) is 3. The van der Waals surface area contributed by atoms with Gasteiger partial charge in [0.05, 0.1) is 0 Å². The van der Waals surface area contributed by atoms with Gasteiger partial charge in [0, 0.05) is 13.1 Å². The number of carbonyl (C=O) groups is 3. The van der Waals surface area contributed by atoms with E-state index in [1.165, 1.54) is 34.1 Å². The number of halogens is 2. The zero-order valence-electron chi connectivity index (χ0n) is 18.4. The Bertz CT molecular complexity index is 1040. The van der Waals surface area contributed by atoms with Gasteiger partial charge >= 0.3 is 6.03 Å². The van der Waals surface area contributed by atoms with Gasteiger partial charge in [0.1, 0.15) is 18.1 Å². The number of amides is 4. The van der Waals surface area contributed by atoms with Gasteiger partial charge in [0.2, 0.25) is 11.8 Å². The third kappa shape index (κ3) is 4.68. The molecule has 7 heteroatoms. The summed E-state index contributed by atoms with van der Waals surface area (Å²) in [6, 6.07) is 12.2. The number of rotatable bonds is 8. The normalized spacial score (nSPS) is 20.8. The Labute approximate surface area is 191 Å². The van der Waals surface area contributed by atoms with E-state index in [0.717, 1.165) is 36.8 Å². The van der Waals surface area contributed by atoms with E-state index in [1.54, 1.807) is 12.1 Å². The highest BCUT2D eigenvalue weighted by Crippen LogP contribution is 2.51. The number of carbonyl (C=O) groups excluding carboxylic acids is 3. The molecule has 172 valence electrons. The number of hydrogen-bond donors (Lipinski definition) is 0. The Hall–Kier alpha value is -3.09. The molecule has 5 nitrogen and oxygen atoms in total. The molecule has 0 bridgehead atoms. The second-order valence-corrected chi connectivity index (χ2v) is 10.0. The molecule has 3 fully saturated rings. The lowest BCUT2D eigenvalue weighted by atomic mass is 9.94. The SMILES string of the molecule is O=C1CC(=O)N(CC2(Cc3cccc(F)c3)CC2)C(=O)N1CC1(Cc2cccc(F)c2)CC1. The van der Waals surface area contributed by atoms with Crippen LogP contribution in [0.4, 0.5) is 13.6 Å². The van der Waals surface area contributed by atoms with Crippen LogP contribution in [0, 0.1) is 22.5 Å². The fourth-order valence-electron chi connectivity index (χ4n) is 4.96. The Morgan fingerprint density at radius 2 is 1.12 bits per heavy atom. The van der Waals surface area contributed by atoms with Crippen LogP contribution >= 0.6 is 0 Å². The largest absolute Gasteiger partial charge is 0.333 e. The highest BCUT2D eigenvalue weighted by atomic mass is 19.1. The molecule has 4 amide bonds. The highest BCUT2D eigenvalue weighted by molar-refractivity contribution is 6.14. The Morgan fingerprint density at radius 3 is 1.48 bits per heavy atom. The van der Waals surface area contributed by atoms with Crippen molar-refractivity contribution in [2.45, 2.75) is 44.9 Å². The molecule has 2 aromatic rings. The van der Waals surface area contributed by atoms with Crippen molar-refractivity contribution in [1.82, 2.24) is 9.80 Å². The maximum absolute atomic E-state index is 13.6. The quantitative estimate of drug-likeness (QED) is 0.555. The van der Waals surface area contributed by atoms with Crippen LogP contribution in [0.1, 0.15) is 43.2 Å². The zero-order chi connectivity index (χ0) is 23.2. The van der Waals surface area contributed by atoms with E-state index >= 15 is 0 Å². The van der Waals surface area contributed by atoms with Crippen LogP contribution in [-0.4, -0.2) is 40.7 Å². The summed E-state index contributed by atoms with van der Waals surface area (Å²) in [6.45, 7) is 0.476. The van der Waals surface area contributed by atoms with Crippen LogP contribution in [0.25, 0.3) is 0 Å². The van der Waals surface area contributed by atoms with Crippen LogP contribution in [0.5, 0.6) is 0 Å². The van der Waals surface area contributed by atoms with Crippen LogP contribution < -0.4 is 0 Å².